The maximum Gasteiger partial charge on any atom is 0.166 e. The lowest BCUT2D eigenvalue weighted by atomic mass is 10.0. The largest absolute Gasteiger partial charge is 0.366 e. The van der Waals surface area contributed by atoms with E-state index in [0.717, 1.165) is 11.0 Å². The first-order valence-corrected chi connectivity index (χ1v) is 4.95. The van der Waals surface area contributed by atoms with Crippen molar-refractivity contribution >= 4 is 17.3 Å². The van der Waals surface area contributed by atoms with Gasteiger partial charge < -0.3 is 10.6 Å². The van der Waals surface area contributed by atoms with Crippen LogP contribution in [0.2, 0.25) is 0 Å². The maximum absolute atomic E-state index is 4.99. The highest BCUT2D eigenvalue weighted by atomic mass is 32.1. The van der Waals surface area contributed by atoms with Gasteiger partial charge in [-0.1, -0.05) is 13.8 Å². The van der Waals surface area contributed by atoms with Crippen LogP contribution in [-0.2, 0) is 0 Å². The Morgan fingerprint density at radius 2 is 1.83 bits per heavy atom. The highest BCUT2D eigenvalue weighted by molar-refractivity contribution is 7.80. The Balaban J connectivity index is 3.45. The summed E-state index contributed by atoms with van der Waals surface area (Å²) in [5.41, 5.74) is 0. The van der Waals surface area contributed by atoms with E-state index in [-0.39, 0.29) is 0 Å². The molecule has 0 radical (unpaired) electrons. The third-order valence-corrected chi connectivity index (χ3v) is 2.10. The van der Waals surface area contributed by atoms with E-state index in [0.29, 0.717) is 6.04 Å². The Kier molecular flexibility index (Phi) is 6.07. The van der Waals surface area contributed by atoms with Gasteiger partial charge in [0.05, 0.1) is 0 Å². The molecule has 0 spiro atoms. The summed E-state index contributed by atoms with van der Waals surface area (Å²) in [4.78, 5) is 0. The summed E-state index contributed by atoms with van der Waals surface area (Å²) in [6.45, 7) is 6.64. The van der Waals surface area contributed by atoms with Gasteiger partial charge >= 0.3 is 0 Å². The first kappa shape index (κ1) is 11.7. The van der Waals surface area contributed by atoms with Crippen LogP contribution < -0.4 is 10.6 Å². The van der Waals surface area contributed by atoms with Gasteiger partial charge in [0.2, 0.25) is 0 Å². The van der Waals surface area contributed by atoms with Crippen LogP contribution in [-0.4, -0.2) is 18.2 Å². The molecule has 0 amide bonds. The molecule has 0 heterocycles. The van der Waals surface area contributed by atoms with Gasteiger partial charge in [0, 0.05) is 13.1 Å². The number of hydrogen-bond donors (Lipinski definition) is 2. The Bertz CT molecular complexity index is 134. The van der Waals surface area contributed by atoms with Gasteiger partial charge in [-0.05, 0) is 37.9 Å². The second kappa shape index (κ2) is 6.23. The number of nitrogens with one attached hydrogen (secondary N) is 2. The van der Waals surface area contributed by atoms with E-state index in [4.69, 9.17) is 12.2 Å². The van der Waals surface area contributed by atoms with Gasteiger partial charge in [-0.3, -0.25) is 0 Å². The van der Waals surface area contributed by atoms with Gasteiger partial charge in [-0.2, -0.15) is 0 Å². The minimum absolute atomic E-state index is 0.479. The third-order valence-electron chi connectivity index (χ3n) is 1.78. The van der Waals surface area contributed by atoms with Gasteiger partial charge in [0.1, 0.15) is 0 Å². The molecular weight excluding hydrogens is 168 g/mol. The topological polar surface area (TPSA) is 24.1 Å². The van der Waals surface area contributed by atoms with Crippen LogP contribution in [0.5, 0.6) is 0 Å². The predicted octanol–water partition coefficient (Wildman–Crippen LogP) is 1.90. The van der Waals surface area contributed by atoms with Crippen LogP contribution >= 0.6 is 12.2 Å². The summed E-state index contributed by atoms with van der Waals surface area (Å²) in [5.74, 6) is 0.775. The minimum atomic E-state index is 0.479. The lowest BCUT2D eigenvalue weighted by molar-refractivity contribution is 0.492. The van der Waals surface area contributed by atoms with Crippen molar-refractivity contribution in [1.82, 2.24) is 10.6 Å². The Hall–Kier alpha value is -0.310. The van der Waals surface area contributed by atoms with E-state index >= 15 is 0 Å². The molecule has 0 aromatic carbocycles. The molecule has 1 unspecified atom stereocenters. The molecule has 2 nitrogen and oxygen atoms in total. The molecule has 0 aliphatic carbocycles. The summed E-state index contributed by atoms with van der Waals surface area (Å²) < 4.78 is 0. The maximum atomic E-state index is 4.99. The average molecular weight is 188 g/mol. The molecule has 2 N–H and O–H groups in total. The molecular formula is C9H20N2S. The smallest absolute Gasteiger partial charge is 0.166 e. The van der Waals surface area contributed by atoms with Gasteiger partial charge in [0.25, 0.3) is 0 Å². The molecule has 0 aromatic rings. The summed E-state index contributed by atoms with van der Waals surface area (Å²) in [6, 6.07) is 0.479. The standard InChI is InChI=1S/C9H20N2S/c1-7(2)5-6-8(3)11-9(12)10-4/h7-8H,5-6H2,1-4H3,(H2,10,11,12). The molecule has 0 rings (SSSR count). The SMILES string of the molecule is CNC(=S)NC(C)CCC(C)C. The fraction of sp³-hybridized carbons (Fsp3) is 0.889. The highest BCUT2D eigenvalue weighted by Crippen LogP contribution is 2.05. The fourth-order valence-electron chi connectivity index (χ4n) is 0.951. The van der Waals surface area contributed by atoms with Crippen molar-refractivity contribution in [1.29, 1.82) is 0 Å². The van der Waals surface area contributed by atoms with Gasteiger partial charge in [-0.15, -0.1) is 0 Å². The van der Waals surface area contributed by atoms with Crippen LogP contribution in [0.15, 0.2) is 0 Å². The quantitative estimate of drug-likeness (QED) is 0.659. The number of thiocarbonyl (C=S) groups is 1. The van der Waals surface area contributed by atoms with Crippen LogP contribution in [0.3, 0.4) is 0 Å². The average Bonchev–Trinajstić information content (AvgIpc) is 2.00. The Labute approximate surface area is 81.1 Å². The predicted molar refractivity (Wildman–Crippen MR) is 58.3 cm³/mol. The summed E-state index contributed by atoms with van der Waals surface area (Å²) in [6.07, 6.45) is 2.43. The van der Waals surface area contributed by atoms with Crippen molar-refractivity contribution in [3.05, 3.63) is 0 Å². The van der Waals surface area contributed by atoms with E-state index in [1.165, 1.54) is 12.8 Å². The van der Waals surface area contributed by atoms with Crippen molar-refractivity contribution in [3.63, 3.8) is 0 Å². The van der Waals surface area contributed by atoms with Gasteiger partial charge in [-0.25, -0.2) is 0 Å². The zero-order valence-corrected chi connectivity index (χ0v) is 9.29. The normalized spacial score (nSPS) is 12.8. The van der Waals surface area contributed by atoms with E-state index in [2.05, 4.69) is 31.4 Å². The molecule has 3 heteroatoms. The molecule has 0 aliphatic rings. The third kappa shape index (κ3) is 6.40. The first-order chi connectivity index (χ1) is 5.56. The van der Waals surface area contributed by atoms with Gasteiger partial charge in [0.15, 0.2) is 5.11 Å². The van der Waals surface area contributed by atoms with E-state index in [1.54, 1.807) is 0 Å². The first-order valence-electron chi connectivity index (χ1n) is 4.54. The lowest BCUT2D eigenvalue weighted by Crippen LogP contribution is -2.38. The second-order valence-corrected chi connectivity index (χ2v) is 4.00. The summed E-state index contributed by atoms with van der Waals surface area (Å²) in [5, 5.41) is 6.85. The zero-order valence-electron chi connectivity index (χ0n) is 8.48. The van der Waals surface area contributed by atoms with Crippen LogP contribution in [0.4, 0.5) is 0 Å². The van der Waals surface area contributed by atoms with E-state index < -0.39 is 0 Å². The Morgan fingerprint density at radius 3 is 2.25 bits per heavy atom. The Morgan fingerprint density at radius 1 is 1.25 bits per heavy atom. The lowest BCUT2D eigenvalue weighted by Gasteiger charge is -2.16. The molecule has 0 saturated carbocycles. The molecule has 0 saturated heterocycles. The molecule has 1 atom stereocenters. The van der Waals surface area contributed by atoms with E-state index in [1.807, 2.05) is 7.05 Å². The van der Waals surface area contributed by atoms with Crippen LogP contribution in [0.1, 0.15) is 33.6 Å². The second-order valence-electron chi connectivity index (χ2n) is 3.60. The summed E-state index contributed by atoms with van der Waals surface area (Å²) >= 11 is 4.99. The fourth-order valence-corrected chi connectivity index (χ4v) is 1.15. The van der Waals surface area contributed by atoms with Crippen molar-refractivity contribution in [3.8, 4) is 0 Å². The molecule has 72 valence electrons. The molecule has 0 aliphatic heterocycles. The highest BCUT2D eigenvalue weighted by Gasteiger charge is 2.03. The van der Waals surface area contributed by atoms with Crippen LogP contribution in [0, 0.1) is 5.92 Å². The van der Waals surface area contributed by atoms with Crippen molar-refractivity contribution in [2.45, 2.75) is 39.7 Å². The van der Waals surface area contributed by atoms with E-state index in [9.17, 15) is 0 Å². The number of hydrogen-bond acceptors (Lipinski definition) is 1. The van der Waals surface area contributed by atoms with Crippen molar-refractivity contribution < 1.29 is 0 Å². The monoisotopic (exact) mass is 188 g/mol. The minimum Gasteiger partial charge on any atom is -0.366 e. The van der Waals surface area contributed by atoms with Crippen molar-refractivity contribution in [2.24, 2.45) is 5.92 Å². The summed E-state index contributed by atoms with van der Waals surface area (Å²) in [7, 11) is 1.84. The zero-order chi connectivity index (χ0) is 9.56. The molecule has 0 aromatic heterocycles. The molecule has 0 bridgehead atoms. The number of rotatable bonds is 4. The van der Waals surface area contributed by atoms with Crippen molar-refractivity contribution in [2.75, 3.05) is 7.05 Å². The van der Waals surface area contributed by atoms with Crippen LogP contribution in [0.25, 0.3) is 0 Å². The molecule has 12 heavy (non-hydrogen) atoms. The molecule has 0 fully saturated rings.